The van der Waals surface area contributed by atoms with Crippen LogP contribution in [0.3, 0.4) is 0 Å². The van der Waals surface area contributed by atoms with Crippen LogP contribution in [-0.2, 0) is 9.22 Å². The number of para-hydroxylation sites is 1. The maximum Gasteiger partial charge on any atom is 0.295 e. The van der Waals surface area contributed by atoms with Crippen LogP contribution >= 0.6 is 0 Å². The number of ether oxygens (including phenoxy) is 1. The van der Waals surface area contributed by atoms with Gasteiger partial charge in [0, 0.05) is 0 Å². The Kier molecular flexibility index (Phi) is 4.55. The van der Waals surface area contributed by atoms with Gasteiger partial charge in [0.2, 0.25) is 8.32 Å². The number of hydrogen-bond acceptors (Lipinski definition) is 3. The molecular formula is C12H18O3Si. The van der Waals surface area contributed by atoms with Crippen molar-refractivity contribution in [3.63, 3.8) is 0 Å². The van der Waals surface area contributed by atoms with Crippen LogP contribution in [0, 0.1) is 0 Å². The molecule has 1 aromatic carbocycles. The van der Waals surface area contributed by atoms with Gasteiger partial charge in [-0.05, 0) is 31.8 Å². The zero-order chi connectivity index (χ0) is 12.0. The van der Waals surface area contributed by atoms with Gasteiger partial charge in [0.05, 0.1) is 13.0 Å². The van der Waals surface area contributed by atoms with Crippen LogP contribution in [0.25, 0.3) is 0 Å². The quantitative estimate of drug-likeness (QED) is 0.740. The number of carbonyl (C=O) groups excluding carboxylic acids is 1. The molecule has 0 aliphatic heterocycles. The van der Waals surface area contributed by atoms with Gasteiger partial charge in [0.1, 0.15) is 5.75 Å². The molecule has 4 heteroatoms. The van der Waals surface area contributed by atoms with E-state index < -0.39 is 8.32 Å². The summed E-state index contributed by atoms with van der Waals surface area (Å²) in [5.74, 6) is 0.610. The topological polar surface area (TPSA) is 35.5 Å². The van der Waals surface area contributed by atoms with Crippen molar-refractivity contribution >= 4 is 14.3 Å². The van der Waals surface area contributed by atoms with Gasteiger partial charge in [0.25, 0.3) is 5.97 Å². The Hall–Kier alpha value is -1.29. The summed E-state index contributed by atoms with van der Waals surface area (Å²) in [6.45, 7) is 6.34. The Bertz CT molecular complexity index is 330. The Morgan fingerprint density at radius 3 is 2.38 bits per heavy atom. The molecule has 0 aliphatic carbocycles. The Morgan fingerprint density at radius 2 is 1.81 bits per heavy atom. The van der Waals surface area contributed by atoms with Crippen molar-refractivity contribution in [2.24, 2.45) is 0 Å². The van der Waals surface area contributed by atoms with Crippen molar-refractivity contribution in [3.8, 4) is 5.75 Å². The van der Waals surface area contributed by atoms with Crippen LogP contribution in [0.15, 0.2) is 30.3 Å². The summed E-state index contributed by atoms with van der Waals surface area (Å²) in [6.07, 6.45) is 0.305. The molecule has 3 nitrogen and oxygen atoms in total. The second-order valence-corrected chi connectivity index (χ2v) is 8.93. The summed E-state index contributed by atoms with van der Waals surface area (Å²) in [6, 6.07) is 9.45. The van der Waals surface area contributed by atoms with Crippen LogP contribution in [0.1, 0.15) is 6.42 Å². The summed E-state index contributed by atoms with van der Waals surface area (Å²) >= 11 is 0. The Labute approximate surface area is 97.5 Å². The summed E-state index contributed by atoms with van der Waals surface area (Å²) < 4.78 is 10.7. The molecule has 16 heavy (non-hydrogen) atoms. The number of carbonyl (C=O) groups is 1. The zero-order valence-electron chi connectivity index (χ0n) is 10.0. The van der Waals surface area contributed by atoms with E-state index in [1.807, 2.05) is 50.0 Å². The van der Waals surface area contributed by atoms with E-state index in [0.29, 0.717) is 13.0 Å². The molecule has 0 heterocycles. The first-order chi connectivity index (χ1) is 7.47. The minimum Gasteiger partial charge on any atom is -0.520 e. The monoisotopic (exact) mass is 238 g/mol. The molecule has 0 spiro atoms. The smallest absolute Gasteiger partial charge is 0.295 e. The number of hydrogen-bond donors (Lipinski definition) is 0. The van der Waals surface area contributed by atoms with Crippen molar-refractivity contribution in [2.45, 2.75) is 26.1 Å². The van der Waals surface area contributed by atoms with Gasteiger partial charge in [-0.1, -0.05) is 18.2 Å². The van der Waals surface area contributed by atoms with Crippen molar-refractivity contribution < 1.29 is 14.0 Å². The molecule has 88 valence electrons. The highest BCUT2D eigenvalue weighted by Gasteiger charge is 2.19. The molecule has 0 aromatic heterocycles. The van der Waals surface area contributed by atoms with E-state index in [0.717, 1.165) is 5.75 Å². The van der Waals surface area contributed by atoms with Gasteiger partial charge in [-0.15, -0.1) is 0 Å². The summed E-state index contributed by atoms with van der Waals surface area (Å²) in [5.41, 5.74) is 0. The highest BCUT2D eigenvalue weighted by Crippen LogP contribution is 2.09. The van der Waals surface area contributed by atoms with Gasteiger partial charge in [-0.25, -0.2) is 0 Å². The first-order valence-corrected chi connectivity index (χ1v) is 8.78. The summed E-state index contributed by atoms with van der Waals surface area (Å²) in [5, 5.41) is 0. The maximum atomic E-state index is 11.4. The lowest BCUT2D eigenvalue weighted by Crippen LogP contribution is -2.29. The Morgan fingerprint density at radius 1 is 1.19 bits per heavy atom. The molecule has 1 aromatic rings. The molecule has 0 unspecified atom stereocenters. The fraction of sp³-hybridized carbons (Fsp3) is 0.417. The highest BCUT2D eigenvalue weighted by molar-refractivity contribution is 6.71. The van der Waals surface area contributed by atoms with Crippen LogP contribution < -0.4 is 4.74 Å². The molecule has 0 N–H and O–H groups in total. The molecule has 0 saturated carbocycles. The lowest BCUT2D eigenvalue weighted by Gasteiger charge is -2.17. The summed E-state index contributed by atoms with van der Waals surface area (Å²) in [7, 11) is -1.75. The van der Waals surface area contributed by atoms with Gasteiger partial charge >= 0.3 is 0 Å². The molecule has 0 radical (unpaired) electrons. The van der Waals surface area contributed by atoms with Crippen LogP contribution in [0.2, 0.25) is 19.6 Å². The maximum absolute atomic E-state index is 11.4. The second-order valence-electron chi connectivity index (χ2n) is 4.50. The lowest BCUT2D eigenvalue weighted by atomic mass is 10.3. The van der Waals surface area contributed by atoms with Crippen LogP contribution in [0.5, 0.6) is 5.75 Å². The van der Waals surface area contributed by atoms with Crippen molar-refractivity contribution in [1.82, 2.24) is 0 Å². The fourth-order valence-corrected chi connectivity index (χ4v) is 1.95. The van der Waals surface area contributed by atoms with Crippen molar-refractivity contribution in [2.75, 3.05) is 6.61 Å². The predicted molar refractivity (Wildman–Crippen MR) is 66.0 cm³/mol. The van der Waals surface area contributed by atoms with Crippen LogP contribution in [-0.4, -0.2) is 20.9 Å². The van der Waals surface area contributed by atoms with Crippen molar-refractivity contribution in [1.29, 1.82) is 0 Å². The van der Waals surface area contributed by atoms with Crippen molar-refractivity contribution in [3.05, 3.63) is 30.3 Å². The lowest BCUT2D eigenvalue weighted by molar-refractivity contribution is -0.135. The van der Waals surface area contributed by atoms with E-state index in [9.17, 15) is 4.79 Å². The third-order valence-corrected chi connectivity index (χ3v) is 2.58. The highest BCUT2D eigenvalue weighted by atomic mass is 28.4. The molecule has 0 bridgehead atoms. The van der Waals surface area contributed by atoms with E-state index in [2.05, 4.69) is 0 Å². The number of benzene rings is 1. The Balaban J connectivity index is 2.24. The number of rotatable bonds is 5. The molecule has 0 fully saturated rings. The van der Waals surface area contributed by atoms with E-state index in [1.165, 1.54) is 0 Å². The zero-order valence-corrected chi connectivity index (χ0v) is 11.0. The molecule has 1 rings (SSSR count). The van der Waals surface area contributed by atoms with Gasteiger partial charge in [-0.2, -0.15) is 0 Å². The third kappa shape index (κ3) is 5.55. The summed E-state index contributed by atoms with van der Waals surface area (Å²) in [4.78, 5) is 11.4. The fourth-order valence-electron chi connectivity index (χ4n) is 1.16. The standard InChI is InChI=1S/C12H18O3Si/c1-16(2,3)15-12(13)9-10-14-11-7-5-4-6-8-11/h4-8H,9-10H2,1-3H3. The van der Waals surface area contributed by atoms with Crippen LogP contribution in [0.4, 0.5) is 0 Å². The first-order valence-electron chi connectivity index (χ1n) is 5.37. The predicted octanol–water partition coefficient (Wildman–Crippen LogP) is 2.83. The normalized spacial score (nSPS) is 10.9. The first kappa shape index (κ1) is 12.8. The van der Waals surface area contributed by atoms with E-state index in [-0.39, 0.29) is 5.97 Å². The minimum absolute atomic E-state index is 0.171. The molecule has 0 atom stereocenters. The SMILES string of the molecule is C[Si](C)(C)OC(=O)CCOc1ccccc1. The average Bonchev–Trinajstić information content (AvgIpc) is 2.16. The third-order valence-electron chi connectivity index (χ3n) is 1.74. The molecular weight excluding hydrogens is 220 g/mol. The van der Waals surface area contributed by atoms with Gasteiger partial charge in [-0.3, -0.25) is 4.79 Å². The minimum atomic E-state index is -1.75. The average molecular weight is 238 g/mol. The van der Waals surface area contributed by atoms with Gasteiger partial charge < -0.3 is 9.16 Å². The second kappa shape index (κ2) is 5.70. The molecule has 0 aliphatic rings. The van der Waals surface area contributed by atoms with E-state index >= 15 is 0 Å². The molecule has 0 saturated heterocycles. The largest absolute Gasteiger partial charge is 0.520 e. The van der Waals surface area contributed by atoms with Gasteiger partial charge in [0.15, 0.2) is 0 Å². The molecule has 0 amide bonds. The van der Waals surface area contributed by atoms with E-state index in [4.69, 9.17) is 9.16 Å². The van der Waals surface area contributed by atoms with E-state index in [1.54, 1.807) is 0 Å².